The van der Waals surface area contributed by atoms with Crippen LogP contribution in [-0.4, -0.2) is 23.5 Å². The van der Waals surface area contributed by atoms with E-state index in [2.05, 4.69) is 15.7 Å². The van der Waals surface area contributed by atoms with Crippen molar-refractivity contribution in [2.75, 3.05) is 0 Å². The lowest BCUT2D eigenvalue weighted by Gasteiger charge is -2.23. The van der Waals surface area contributed by atoms with Crippen LogP contribution in [0.15, 0.2) is 17.3 Å². The summed E-state index contributed by atoms with van der Waals surface area (Å²) < 4.78 is 0. The summed E-state index contributed by atoms with van der Waals surface area (Å²) >= 11 is 0. The van der Waals surface area contributed by atoms with Crippen molar-refractivity contribution in [1.29, 1.82) is 0 Å². The first-order valence-electron chi connectivity index (χ1n) is 2.91. The molecule has 0 aromatic carbocycles. The van der Waals surface area contributed by atoms with Crippen molar-refractivity contribution < 1.29 is 4.79 Å². The van der Waals surface area contributed by atoms with Gasteiger partial charge in [0, 0.05) is 12.3 Å². The Morgan fingerprint density at radius 2 is 2.60 bits per heavy atom. The highest BCUT2D eigenvalue weighted by Gasteiger charge is 2.22. The maximum Gasteiger partial charge on any atom is 0.248 e. The predicted molar refractivity (Wildman–Crippen MR) is 34.5 cm³/mol. The zero-order valence-corrected chi connectivity index (χ0v) is 5.11. The number of nitrogens with zero attached hydrogens (tertiary/aromatic N) is 2. The third-order valence-corrected chi connectivity index (χ3v) is 1.34. The smallest absolute Gasteiger partial charge is 0.248 e. The minimum absolute atomic E-state index is 0.109. The highest BCUT2D eigenvalue weighted by molar-refractivity contribution is 5.88. The van der Waals surface area contributed by atoms with Gasteiger partial charge in [0.1, 0.15) is 6.34 Å². The first-order valence-corrected chi connectivity index (χ1v) is 2.91. The van der Waals surface area contributed by atoms with Crippen molar-refractivity contribution in [2.45, 2.75) is 6.29 Å². The monoisotopic (exact) mass is 138 g/mol. The van der Waals surface area contributed by atoms with Crippen LogP contribution in [0.2, 0.25) is 0 Å². The minimum Gasteiger partial charge on any atom is -0.312 e. The Morgan fingerprint density at radius 1 is 1.70 bits per heavy atom. The Bertz CT molecular complexity index is 222. The largest absolute Gasteiger partial charge is 0.312 e. The molecule has 1 atom stereocenters. The van der Waals surface area contributed by atoms with Gasteiger partial charge in [-0.3, -0.25) is 15.2 Å². The van der Waals surface area contributed by atoms with Gasteiger partial charge in [-0.25, -0.2) is 4.99 Å². The molecule has 0 spiro atoms. The third-order valence-electron chi connectivity index (χ3n) is 1.34. The SMILES string of the molecule is O=C1C=CN2NC=NC2N1. The minimum atomic E-state index is -0.252. The summed E-state index contributed by atoms with van der Waals surface area (Å²) in [4.78, 5) is 14.6. The van der Waals surface area contributed by atoms with E-state index in [0.717, 1.165) is 0 Å². The van der Waals surface area contributed by atoms with Crippen molar-refractivity contribution in [3.8, 4) is 0 Å². The normalized spacial score (nSPS) is 27.8. The summed E-state index contributed by atoms with van der Waals surface area (Å²) in [6.45, 7) is 0. The highest BCUT2D eigenvalue weighted by Crippen LogP contribution is 2.03. The summed E-state index contributed by atoms with van der Waals surface area (Å²) in [5.74, 6) is -0.109. The molecule has 2 N–H and O–H groups in total. The molecule has 0 radical (unpaired) electrons. The van der Waals surface area contributed by atoms with E-state index < -0.39 is 0 Å². The van der Waals surface area contributed by atoms with Crippen LogP contribution in [0.1, 0.15) is 0 Å². The van der Waals surface area contributed by atoms with Crippen molar-refractivity contribution >= 4 is 12.2 Å². The standard InChI is InChI=1S/C5H6N4O/c10-4-1-2-9-5(8-4)6-3-7-9/h1-3,5H,(H,6,7)(H,8,10). The number of fused-ring (bicyclic) bond motifs is 1. The fourth-order valence-corrected chi connectivity index (χ4v) is 0.868. The van der Waals surface area contributed by atoms with Crippen LogP contribution in [0.5, 0.6) is 0 Å². The van der Waals surface area contributed by atoms with Gasteiger partial charge < -0.3 is 5.32 Å². The second-order valence-electron chi connectivity index (χ2n) is 2.01. The summed E-state index contributed by atoms with van der Waals surface area (Å²) in [5.41, 5.74) is 2.82. The molecule has 2 heterocycles. The summed E-state index contributed by atoms with van der Waals surface area (Å²) in [5, 5.41) is 4.31. The van der Waals surface area contributed by atoms with Gasteiger partial charge in [-0.2, -0.15) is 0 Å². The maximum absolute atomic E-state index is 10.7. The average molecular weight is 138 g/mol. The lowest BCUT2D eigenvalue weighted by molar-refractivity contribution is -0.119. The highest BCUT2D eigenvalue weighted by atomic mass is 16.2. The number of carbonyl (C=O) groups excluding carboxylic acids is 1. The molecule has 2 rings (SSSR count). The molecule has 0 aromatic rings. The number of hydrazine groups is 1. The van der Waals surface area contributed by atoms with Gasteiger partial charge in [-0.1, -0.05) is 0 Å². The molecule has 0 fully saturated rings. The maximum atomic E-state index is 10.7. The van der Waals surface area contributed by atoms with E-state index in [9.17, 15) is 4.79 Å². The van der Waals surface area contributed by atoms with Gasteiger partial charge in [0.25, 0.3) is 0 Å². The molecule has 0 bridgehead atoms. The molecule has 5 heteroatoms. The van der Waals surface area contributed by atoms with Gasteiger partial charge >= 0.3 is 0 Å². The molecule has 10 heavy (non-hydrogen) atoms. The van der Waals surface area contributed by atoms with Gasteiger partial charge in [0.05, 0.1) is 0 Å². The molecule has 0 saturated carbocycles. The summed E-state index contributed by atoms with van der Waals surface area (Å²) in [6, 6.07) is 0. The predicted octanol–water partition coefficient (Wildman–Crippen LogP) is -1.24. The van der Waals surface area contributed by atoms with Crippen LogP contribution >= 0.6 is 0 Å². The Morgan fingerprint density at radius 3 is 3.50 bits per heavy atom. The fraction of sp³-hybridized carbons (Fsp3) is 0.200. The van der Waals surface area contributed by atoms with Crippen LogP contribution < -0.4 is 10.7 Å². The number of carbonyl (C=O) groups is 1. The van der Waals surface area contributed by atoms with Gasteiger partial charge in [0.15, 0.2) is 0 Å². The zero-order chi connectivity index (χ0) is 6.97. The topological polar surface area (TPSA) is 56.7 Å². The van der Waals surface area contributed by atoms with E-state index >= 15 is 0 Å². The van der Waals surface area contributed by atoms with Crippen molar-refractivity contribution in [1.82, 2.24) is 15.8 Å². The molecule has 0 aromatic heterocycles. The molecule has 2 aliphatic heterocycles. The molecular formula is C5H6N4O. The Balaban J connectivity index is 2.22. The second-order valence-corrected chi connectivity index (χ2v) is 2.01. The average Bonchev–Trinajstić information content (AvgIpc) is 2.33. The van der Waals surface area contributed by atoms with E-state index in [-0.39, 0.29) is 12.2 Å². The van der Waals surface area contributed by atoms with Crippen molar-refractivity contribution in [3.63, 3.8) is 0 Å². The molecule has 1 unspecified atom stereocenters. The van der Waals surface area contributed by atoms with Gasteiger partial charge in [-0.15, -0.1) is 0 Å². The number of rotatable bonds is 0. The molecule has 2 aliphatic rings. The number of aliphatic imine (C=N–C) groups is 1. The summed E-state index contributed by atoms with van der Waals surface area (Å²) in [6.07, 6.45) is 4.38. The molecule has 52 valence electrons. The second kappa shape index (κ2) is 1.73. The van der Waals surface area contributed by atoms with Crippen molar-refractivity contribution in [2.24, 2.45) is 4.99 Å². The number of nitrogens with one attached hydrogen (secondary N) is 2. The van der Waals surface area contributed by atoms with E-state index in [1.807, 2.05) is 0 Å². The van der Waals surface area contributed by atoms with Gasteiger partial charge in [-0.05, 0) is 0 Å². The van der Waals surface area contributed by atoms with Crippen molar-refractivity contribution in [3.05, 3.63) is 12.3 Å². The van der Waals surface area contributed by atoms with Crippen LogP contribution in [0.3, 0.4) is 0 Å². The Labute approximate surface area is 57.4 Å². The number of hydrogen-bond donors (Lipinski definition) is 2. The molecule has 5 nitrogen and oxygen atoms in total. The Kier molecular flexibility index (Phi) is 0.913. The number of hydrogen-bond acceptors (Lipinski definition) is 4. The molecule has 1 amide bonds. The lowest BCUT2D eigenvalue weighted by atomic mass is 10.5. The van der Waals surface area contributed by atoms with Gasteiger partial charge in [0.2, 0.25) is 12.2 Å². The number of amides is 1. The molecular weight excluding hydrogens is 132 g/mol. The Hall–Kier alpha value is -1.52. The lowest BCUT2D eigenvalue weighted by Crippen LogP contribution is -2.48. The quantitative estimate of drug-likeness (QED) is 0.440. The third kappa shape index (κ3) is 0.637. The van der Waals surface area contributed by atoms with Crippen LogP contribution in [0, 0.1) is 0 Å². The summed E-state index contributed by atoms with van der Waals surface area (Å²) in [7, 11) is 0. The van der Waals surface area contributed by atoms with Crippen LogP contribution in [0.25, 0.3) is 0 Å². The van der Waals surface area contributed by atoms with E-state index in [1.54, 1.807) is 17.5 Å². The van der Waals surface area contributed by atoms with E-state index in [0.29, 0.717) is 0 Å². The molecule has 0 aliphatic carbocycles. The molecule has 0 saturated heterocycles. The van der Waals surface area contributed by atoms with Crippen LogP contribution in [-0.2, 0) is 4.79 Å². The zero-order valence-electron chi connectivity index (χ0n) is 5.11. The first-order chi connectivity index (χ1) is 4.86. The van der Waals surface area contributed by atoms with Crippen LogP contribution in [0.4, 0.5) is 0 Å². The first kappa shape index (κ1) is 5.28. The fourth-order valence-electron chi connectivity index (χ4n) is 0.868. The van der Waals surface area contributed by atoms with E-state index in [1.165, 1.54) is 6.08 Å². The van der Waals surface area contributed by atoms with E-state index in [4.69, 9.17) is 0 Å².